The Kier molecular flexibility index (Phi) is 6.82. The third-order valence-corrected chi connectivity index (χ3v) is 1.38. The summed E-state index contributed by atoms with van der Waals surface area (Å²) in [6, 6.07) is 0. The maximum atomic E-state index is 3.42. The third-order valence-electron chi connectivity index (χ3n) is 1.03. The Morgan fingerprint density at radius 2 is 1.86 bits per heavy atom. The molecule has 0 rings (SSSR count). The molecule has 0 heterocycles. The molecule has 0 aliphatic heterocycles. The maximum absolute atomic E-state index is 3.42. The molecule has 0 aromatic heterocycles. The summed E-state index contributed by atoms with van der Waals surface area (Å²) in [5.74, 6) is 0. The summed E-state index contributed by atoms with van der Waals surface area (Å²) in [4.78, 5) is 0. The zero-order valence-corrected chi connectivity index (χ0v) is 6.04. The predicted octanol–water partition coefficient (Wildman–Crippen LogP) is 2.71. The van der Waals surface area contributed by atoms with Crippen LogP contribution in [0.4, 0.5) is 0 Å². The molecule has 0 saturated carbocycles. The Balaban J connectivity index is 2.45. The minimum Gasteiger partial charge on any atom is -0.0992 e. The molecule has 0 saturated heterocycles. The zero-order valence-electron chi connectivity index (χ0n) is 5.04. The fourth-order valence-electron chi connectivity index (χ4n) is 0.552. The molecule has 43 valence electrons. The van der Waals surface area contributed by atoms with E-state index in [0.717, 1.165) is 0 Å². The highest BCUT2D eigenvalue weighted by molar-refractivity contribution is 7.16. The summed E-state index contributed by atoms with van der Waals surface area (Å²) in [6.07, 6.45) is 6.63. The molecule has 0 aliphatic rings. The number of hydrogen-bond acceptors (Lipinski definition) is 0. The number of rotatable bonds is 4. The highest BCUT2D eigenvalue weighted by Gasteiger charge is 1.80. The molecule has 0 aliphatic carbocycles. The molecular formula is C6H14P. The molecule has 0 atom stereocenters. The predicted molar refractivity (Wildman–Crippen MR) is 37.3 cm³/mol. The molecule has 0 spiro atoms. The Morgan fingerprint density at radius 1 is 1.14 bits per heavy atom. The second-order valence-corrected chi connectivity index (χ2v) is 2.31. The van der Waals surface area contributed by atoms with Crippen LogP contribution in [-0.2, 0) is 0 Å². The van der Waals surface area contributed by atoms with Gasteiger partial charge < -0.3 is 0 Å². The average Bonchev–Trinajstić information content (AvgIpc) is 1.69. The van der Waals surface area contributed by atoms with Gasteiger partial charge in [0.05, 0.1) is 0 Å². The van der Waals surface area contributed by atoms with Crippen LogP contribution in [0.1, 0.15) is 32.6 Å². The van der Waals surface area contributed by atoms with E-state index in [9.17, 15) is 0 Å². The van der Waals surface area contributed by atoms with Crippen LogP contribution in [0.15, 0.2) is 0 Å². The topological polar surface area (TPSA) is 0 Å². The van der Waals surface area contributed by atoms with E-state index in [1.54, 1.807) is 0 Å². The lowest BCUT2D eigenvalue weighted by Crippen LogP contribution is -1.73. The minimum atomic E-state index is 1.17. The molecule has 0 aromatic carbocycles. The van der Waals surface area contributed by atoms with Gasteiger partial charge in [0.25, 0.3) is 0 Å². The highest BCUT2D eigenvalue weighted by atomic mass is 31.0. The molecule has 0 bridgehead atoms. The number of hydrogen-bond donors (Lipinski definition) is 0. The van der Waals surface area contributed by atoms with Crippen LogP contribution in [0, 0.1) is 0 Å². The summed E-state index contributed by atoms with van der Waals surface area (Å²) in [7, 11) is 3.42. The fourth-order valence-corrected chi connectivity index (χ4v) is 0.802. The van der Waals surface area contributed by atoms with Crippen molar-refractivity contribution in [2.24, 2.45) is 0 Å². The molecule has 1 radical (unpaired) electrons. The van der Waals surface area contributed by atoms with Gasteiger partial charge in [-0.05, 0) is 12.6 Å². The minimum absolute atomic E-state index is 1.17. The van der Waals surface area contributed by atoms with Gasteiger partial charge in [-0.25, -0.2) is 0 Å². The van der Waals surface area contributed by atoms with E-state index in [2.05, 4.69) is 16.2 Å². The standard InChI is InChI=1S/C6H14P/c1-2-3-4-5-6-7/h7H,2-6H2,1H3. The van der Waals surface area contributed by atoms with Gasteiger partial charge in [0.2, 0.25) is 0 Å². The SMILES string of the molecule is CCCCCC[PH]. The maximum Gasteiger partial charge on any atom is -0.0317 e. The summed E-state index contributed by atoms with van der Waals surface area (Å²) in [5.41, 5.74) is 0. The van der Waals surface area contributed by atoms with Crippen molar-refractivity contribution in [3.8, 4) is 0 Å². The first kappa shape index (κ1) is 7.43. The van der Waals surface area contributed by atoms with Crippen molar-refractivity contribution in [3.63, 3.8) is 0 Å². The van der Waals surface area contributed by atoms with E-state index in [1.165, 1.54) is 31.8 Å². The summed E-state index contributed by atoms with van der Waals surface area (Å²) in [6.45, 7) is 2.23. The molecule has 1 heteroatoms. The van der Waals surface area contributed by atoms with Crippen molar-refractivity contribution >= 4 is 9.24 Å². The quantitative estimate of drug-likeness (QED) is 0.392. The van der Waals surface area contributed by atoms with Gasteiger partial charge >= 0.3 is 0 Å². The van der Waals surface area contributed by atoms with Crippen molar-refractivity contribution < 1.29 is 0 Å². The smallest absolute Gasteiger partial charge is 0.0317 e. The summed E-state index contributed by atoms with van der Waals surface area (Å²) in [5, 5.41) is 0. The summed E-state index contributed by atoms with van der Waals surface area (Å²) < 4.78 is 0. The van der Waals surface area contributed by atoms with Gasteiger partial charge in [-0.1, -0.05) is 35.4 Å². The normalized spacial score (nSPS) is 9.43. The van der Waals surface area contributed by atoms with Crippen LogP contribution >= 0.6 is 9.24 Å². The molecule has 0 aromatic rings. The molecule has 7 heavy (non-hydrogen) atoms. The zero-order chi connectivity index (χ0) is 5.54. The highest BCUT2D eigenvalue weighted by Crippen LogP contribution is 2.00. The number of unbranched alkanes of at least 4 members (excludes halogenated alkanes) is 3. The Hall–Kier alpha value is 0.430. The van der Waals surface area contributed by atoms with Crippen molar-refractivity contribution in [2.75, 3.05) is 6.16 Å². The first-order valence-corrected chi connectivity index (χ1v) is 3.77. The molecule has 0 unspecified atom stereocenters. The van der Waals surface area contributed by atoms with Crippen LogP contribution in [0.3, 0.4) is 0 Å². The van der Waals surface area contributed by atoms with Gasteiger partial charge in [-0.3, -0.25) is 0 Å². The van der Waals surface area contributed by atoms with Crippen LogP contribution in [0.5, 0.6) is 0 Å². The molecule has 0 amide bonds. The molecule has 0 fully saturated rings. The fraction of sp³-hybridized carbons (Fsp3) is 1.00. The van der Waals surface area contributed by atoms with Crippen molar-refractivity contribution in [1.82, 2.24) is 0 Å². The van der Waals surface area contributed by atoms with Crippen LogP contribution in [0.2, 0.25) is 0 Å². The Bertz CT molecular complexity index is 23.4. The second-order valence-electron chi connectivity index (χ2n) is 1.81. The van der Waals surface area contributed by atoms with Crippen molar-refractivity contribution in [1.29, 1.82) is 0 Å². The lowest BCUT2D eigenvalue weighted by molar-refractivity contribution is 0.706. The van der Waals surface area contributed by atoms with Crippen LogP contribution < -0.4 is 0 Å². The van der Waals surface area contributed by atoms with Gasteiger partial charge in [0, 0.05) is 0 Å². The van der Waals surface area contributed by atoms with E-state index in [4.69, 9.17) is 0 Å². The first-order valence-electron chi connectivity index (χ1n) is 3.06. The van der Waals surface area contributed by atoms with E-state index >= 15 is 0 Å². The van der Waals surface area contributed by atoms with Crippen LogP contribution in [-0.4, -0.2) is 6.16 Å². The van der Waals surface area contributed by atoms with E-state index in [0.29, 0.717) is 0 Å². The van der Waals surface area contributed by atoms with E-state index < -0.39 is 0 Å². The third kappa shape index (κ3) is 6.43. The molecule has 0 N–H and O–H groups in total. The van der Waals surface area contributed by atoms with Gasteiger partial charge in [0.1, 0.15) is 0 Å². The van der Waals surface area contributed by atoms with Gasteiger partial charge in [-0.2, -0.15) is 0 Å². The summed E-state index contributed by atoms with van der Waals surface area (Å²) >= 11 is 0. The van der Waals surface area contributed by atoms with Crippen molar-refractivity contribution in [2.45, 2.75) is 32.6 Å². The monoisotopic (exact) mass is 117 g/mol. The Morgan fingerprint density at radius 3 is 2.29 bits per heavy atom. The average molecular weight is 117 g/mol. The first-order chi connectivity index (χ1) is 3.41. The van der Waals surface area contributed by atoms with Gasteiger partial charge in [0.15, 0.2) is 0 Å². The van der Waals surface area contributed by atoms with E-state index in [-0.39, 0.29) is 0 Å². The van der Waals surface area contributed by atoms with Gasteiger partial charge in [-0.15, -0.1) is 0 Å². The molecular weight excluding hydrogens is 103 g/mol. The van der Waals surface area contributed by atoms with E-state index in [1.807, 2.05) is 0 Å². The largest absolute Gasteiger partial charge is 0.0992 e. The lowest BCUT2D eigenvalue weighted by atomic mass is 10.2. The van der Waals surface area contributed by atoms with Crippen LogP contribution in [0.25, 0.3) is 0 Å². The Labute approximate surface area is 48.9 Å². The second kappa shape index (κ2) is 6.43. The van der Waals surface area contributed by atoms with Crippen molar-refractivity contribution in [3.05, 3.63) is 0 Å². The lowest BCUT2D eigenvalue weighted by Gasteiger charge is -1.90. The molecule has 0 nitrogen and oxygen atoms in total.